The lowest BCUT2D eigenvalue weighted by Gasteiger charge is -2.27. The third-order valence-electron chi connectivity index (χ3n) is 11.0. The number of fused-ring (bicyclic) bond motifs is 8. The number of para-hydroxylation sites is 3. The Bertz CT molecular complexity index is 3190. The molecular weight excluding hydrogens is 669 g/mol. The van der Waals surface area contributed by atoms with E-state index < -0.39 is 0 Å². The summed E-state index contributed by atoms with van der Waals surface area (Å²) in [5.41, 5.74) is 13.3. The van der Waals surface area contributed by atoms with E-state index >= 15 is 0 Å². The molecule has 0 N–H and O–H groups in total. The van der Waals surface area contributed by atoms with E-state index in [2.05, 4.69) is 210 Å². The van der Waals surface area contributed by atoms with Crippen molar-refractivity contribution in [3.05, 3.63) is 206 Å². The fraction of sp³-hybridized carbons (Fsp3) is 0. The van der Waals surface area contributed by atoms with Crippen LogP contribution in [0.15, 0.2) is 211 Å². The normalized spacial score (nSPS) is 11.6. The number of nitrogens with zero attached hydrogens (tertiary/aromatic N) is 2. The highest BCUT2D eigenvalue weighted by molar-refractivity contribution is 6.22. The molecule has 3 nitrogen and oxygen atoms in total. The quantitative estimate of drug-likeness (QED) is 0.172. The Morgan fingerprint density at radius 2 is 1.00 bits per heavy atom. The molecule has 0 aliphatic carbocycles. The molecule has 9 aromatic carbocycles. The molecule has 3 heteroatoms. The first-order valence-electron chi connectivity index (χ1n) is 18.8. The summed E-state index contributed by atoms with van der Waals surface area (Å²) in [5.74, 6) is 0. The van der Waals surface area contributed by atoms with Crippen LogP contribution in [0.4, 0.5) is 17.1 Å². The van der Waals surface area contributed by atoms with Crippen LogP contribution in [0, 0.1) is 0 Å². The SMILES string of the molecule is c1ccc(-c2ccc(N(c3cccc(-c4cc5c6ccccc6n(-c6ccccc6)c5c5ccccc45)c3)c3cccc4oc5ccccc5c34)cc2)cc1. The second-order valence-electron chi connectivity index (χ2n) is 14.1. The Morgan fingerprint density at radius 3 is 1.82 bits per heavy atom. The van der Waals surface area contributed by atoms with Gasteiger partial charge in [-0.05, 0) is 94.4 Å². The fourth-order valence-electron chi connectivity index (χ4n) is 8.52. The van der Waals surface area contributed by atoms with Crippen LogP contribution >= 0.6 is 0 Å². The van der Waals surface area contributed by atoms with Crippen LogP contribution in [0.1, 0.15) is 0 Å². The van der Waals surface area contributed by atoms with Crippen molar-refractivity contribution in [3.8, 4) is 27.9 Å². The second-order valence-corrected chi connectivity index (χ2v) is 14.1. The maximum absolute atomic E-state index is 6.41. The fourth-order valence-corrected chi connectivity index (χ4v) is 8.52. The lowest BCUT2D eigenvalue weighted by molar-refractivity contribution is 0.669. The molecule has 0 atom stereocenters. The second kappa shape index (κ2) is 12.6. The zero-order chi connectivity index (χ0) is 36.3. The number of benzene rings is 9. The van der Waals surface area contributed by atoms with Gasteiger partial charge in [0.2, 0.25) is 0 Å². The average molecular weight is 703 g/mol. The van der Waals surface area contributed by atoms with Crippen molar-refractivity contribution in [2.75, 3.05) is 4.90 Å². The Kier molecular flexibility index (Phi) is 7.17. The van der Waals surface area contributed by atoms with Crippen molar-refractivity contribution in [1.29, 1.82) is 0 Å². The van der Waals surface area contributed by atoms with Gasteiger partial charge in [0, 0.05) is 38.6 Å². The summed E-state index contributed by atoms with van der Waals surface area (Å²) in [6, 6.07) is 73.9. The molecule has 0 amide bonds. The van der Waals surface area contributed by atoms with Crippen LogP contribution in [-0.4, -0.2) is 4.57 Å². The summed E-state index contributed by atoms with van der Waals surface area (Å²) in [5, 5.41) is 7.11. The Balaban J connectivity index is 1.15. The van der Waals surface area contributed by atoms with Crippen molar-refractivity contribution in [1.82, 2.24) is 4.57 Å². The summed E-state index contributed by atoms with van der Waals surface area (Å²) in [6.45, 7) is 0. The first-order valence-corrected chi connectivity index (χ1v) is 18.8. The lowest BCUT2D eigenvalue weighted by atomic mass is 9.94. The van der Waals surface area contributed by atoms with Gasteiger partial charge < -0.3 is 13.9 Å². The van der Waals surface area contributed by atoms with E-state index in [1.54, 1.807) is 0 Å². The molecule has 0 saturated heterocycles. The molecule has 11 rings (SSSR count). The third kappa shape index (κ3) is 5.05. The monoisotopic (exact) mass is 702 g/mol. The molecule has 0 unspecified atom stereocenters. The molecule has 55 heavy (non-hydrogen) atoms. The van der Waals surface area contributed by atoms with E-state index in [0.717, 1.165) is 50.3 Å². The van der Waals surface area contributed by atoms with E-state index in [4.69, 9.17) is 4.42 Å². The smallest absolute Gasteiger partial charge is 0.137 e. The molecule has 0 aliphatic rings. The summed E-state index contributed by atoms with van der Waals surface area (Å²) >= 11 is 0. The molecule has 2 aromatic heterocycles. The van der Waals surface area contributed by atoms with E-state index in [-0.39, 0.29) is 0 Å². The minimum absolute atomic E-state index is 0.868. The molecule has 0 fully saturated rings. The molecular formula is C52H34N2O. The van der Waals surface area contributed by atoms with Crippen molar-refractivity contribution in [2.24, 2.45) is 0 Å². The molecule has 0 radical (unpaired) electrons. The van der Waals surface area contributed by atoms with Crippen LogP contribution in [0.25, 0.3) is 82.5 Å². The van der Waals surface area contributed by atoms with Gasteiger partial charge in [0.05, 0.1) is 22.1 Å². The number of furan rings is 1. The number of aromatic nitrogens is 1. The first kappa shape index (κ1) is 31.2. The predicted octanol–water partition coefficient (Wildman–Crippen LogP) is 14.6. The molecule has 258 valence electrons. The van der Waals surface area contributed by atoms with Gasteiger partial charge in [0.25, 0.3) is 0 Å². The minimum atomic E-state index is 0.868. The molecule has 0 aliphatic heterocycles. The van der Waals surface area contributed by atoms with Crippen LogP contribution in [-0.2, 0) is 0 Å². The van der Waals surface area contributed by atoms with Crippen LogP contribution in [0.2, 0.25) is 0 Å². The summed E-state index contributed by atoms with van der Waals surface area (Å²) in [7, 11) is 0. The van der Waals surface area contributed by atoms with Gasteiger partial charge in [-0.1, -0.05) is 140 Å². The molecule has 0 saturated carbocycles. The topological polar surface area (TPSA) is 21.3 Å². The van der Waals surface area contributed by atoms with E-state index in [1.807, 2.05) is 6.07 Å². The molecule has 2 heterocycles. The standard InChI is InChI=1S/C52H34N2O/c1-3-15-35(16-4-1)36-29-31-39(32-30-36)53(48-26-14-28-50-51(48)44-24-10-12-27-49(44)55-50)40-20-13-17-37(33-40)45-34-46-42-22-9-11-25-47(42)54(38-18-5-2-6-19-38)52(46)43-23-8-7-21-41(43)45/h1-34H. The van der Waals surface area contributed by atoms with Gasteiger partial charge in [-0.3, -0.25) is 0 Å². The lowest BCUT2D eigenvalue weighted by Crippen LogP contribution is -2.10. The first-order chi connectivity index (χ1) is 27.3. The molecule has 11 aromatic rings. The molecule has 0 bridgehead atoms. The Hall–Kier alpha value is -7.36. The highest BCUT2D eigenvalue weighted by Gasteiger charge is 2.22. The zero-order valence-corrected chi connectivity index (χ0v) is 29.9. The Labute approximate surface area is 318 Å². The highest BCUT2D eigenvalue weighted by atomic mass is 16.3. The number of rotatable bonds is 6. The van der Waals surface area contributed by atoms with E-state index in [9.17, 15) is 0 Å². The largest absolute Gasteiger partial charge is 0.456 e. The van der Waals surface area contributed by atoms with Crippen LogP contribution in [0.3, 0.4) is 0 Å². The van der Waals surface area contributed by atoms with Crippen molar-refractivity contribution in [3.63, 3.8) is 0 Å². The Morgan fingerprint density at radius 1 is 0.382 bits per heavy atom. The number of hydrogen-bond acceptors (Lipinski definition) is 2. The maximum Gasteiger partial charge on any atom is 0.137 e. The maximum atomic E-state index is 6.41. The van der Waals surface area contributed by atoms with E-state index in [1.165, 1.54) is 49.3 Å². The van der Waals surface area contributed by atoms with Crippen LogP contribution in [0.5, 0.6) is 0 Å². The predicted molar refractivity (Wildman–Crippen MR) is 231 cm³/mol. The van der Waals surface area contributed by atoms with Crippen molar-refractivity contribution in [2.45, 2.75) is 0 Å². The van der Waals surface area contributed by atoms with E-state index in [0.29, 0.717) is 0 Å². The van der Waals surface area contributed by atoms with Gasteiger partial charge in [-0.15, -0.1) is 0 Å². The minimum Gasteiger partial charge on any atom is -0.456 e. The zero-order valence-electron chi connectivity index (χ0n) is 29.9. The number of hydrogen-bond donors (Lipinski definition) is 0. The summed E-state index contributed by atoms with van der Waals surface area (Å²) in [6.07, 6.45) is 0. The number of anilines is 3. The van der Waals surface area contributed by atoms with Crippen molar-refractivity contribution >= 4 is 71.6 Å². The summed E-state index contributed by atoms with van der Waals surface area (Å²) in [4.78, 5) is 2.38. The van der Waals surface area contributed by atoms with Gasteiger partial charge in [0.1, 0.15) is 11.2 Å². The van der Waals surface area contributed by atoms with Gasteiger partial charge in [0.15, 0.2) is 0 Å². The van der Waals surface area contributed by atoms with Gasteiger partial charge in [-0.2, -0.15) is 0 Å². The third-order valence-corrected chi connectivity index (χ3v) is 11.0. The summed E-state index contributed by atoms with van der Waals surface area (Å²) < 4.78 is 8.84. The molecule has 0 spiro atoms. The van der Waals surface area contributed by atoms with Gasteiger partial charge >= 0.3 is 0 Å². The highest BCUT2D eigenvalue weighted by Crippen LogP contribution is 2.46. The van der Waals surface area contributed by atoms with Gasteiger partial charge in [-0.25, -0.2) is 0 Å². The van der Waals surface area contributed by atoms with Crippen LogP contribution < -0.4 is 4.90 Å². The average Bonchev–Trinajstić information content (AvgIpc) is 3.81. The van der Waals surface area contributed by atoms with Crippen molar-refractivity contribution < 1.29 is 4.42 Å².